The molecule has 3 aromatic rings. The van der Waals surface area contributed by atoms with Crippen molar-refractivity contribution >= 4 is 40.7 Å². The number of morpholine rings is 1. The maximum absolute atomic E-state index is 13.0. The average Bonchev–Trinajstić information content (AvgIpc) is 3.06. The highest BCUT2D eigenvalue weighted by molar-refractivity contribution is 6.36. The zero-order valence-corrected chi connectivity index (χ0v) is 18.3. The summed E-state index contributed by atoms with van der Waals surface area (Å²) in [6.07, 6.45) is 1.54. The van der Waals surface area contributed by atoms with Gasteiger partial charge >= 0.3 is 0 Å². The minimum Gasteiger partial charge on any atom is -0.379 e. The number of halogens is 3. The van der Waals surface area contributed by atoms with Crippen molar-refractivity contribution in [2.75, 3.05) is 26.3 Å². The van der Waals surface area contributed by atoms with Crippen LogP contribution >= 0.6 is 34.8 Å². The Bertz CT molecular complexity index is 1080. The first kappa shape index (κ1) is 21.1. The second-order valence-electron chi connectivity index (χ2n) is 6.70. The molecule has 0 bridgehead atoms. The number of imidazole rings is 1. The van der Waals surface area contributed by atoms with Crippen LogP contribution in [0.15, 0.2) is 36.5 Å². The fourth-order valence-corrected chi connectivity index (χ4v) is 3.83. The fraction of sp³-hybridized carbons (Fsp3) is 0.250. The lowest BCUT2D eigenvalue weighted by Gasteiger charge is -2.26. The van der Waals surface area contributed by atoms with Crippen molar-refractivity contribution in [3.8, 4) is 17.2 Å². The third-order valence-corrected chi connectivity index (χ3v) is 5.48. The highest BCUT2D eigenvalue weighted by Crippen LogP contribution is 2.33. The van der Waals surface area contributed by atoms with E-state index in [0.717, 1.165) is 0 Å². The Morgan fingerprint density at radius 3 is 2.50 bits per heavy atom. The second-order valence-corrected chi connectivity index (χ2v) is 7.98. The molecular weight excluding hydrogens is 449 g/mol. The van der Waals surface area contributed by atoms with Crippen molar-refractivity contribution in [3.63, 3.8) is 0 Å². The molecule has 7 nitrogen and oxygen atoms in total. The van der Waals surface area contributed by atoms with Crippen LogP contribution in [0.4, 0.5) is 0 Å². The number of ether oxygens (including phenoxy) is 1. The normalized spacial score (nSPS) is 14.7. The van der Waals surface area contributed by atoms with E-state index in [4.69, 9.17) is 39.5 Å². The van der Waals surface area contributed by atoms with Gasteiger partial charge in [-0.2, -0.15) is 0 Å². The molecule has 1 saturated heterocycles. The second kappa shape index (κ2) is 8.91. The number of benzene rings is 1. The molecule has 156 valence electrons. The zero-order valence-electron chi connectivity index (χ0n) is 16.0. The number of carbonyl (C=O) groups is 1. The van der Waals surface area contributed by atoms with Crippen molar-refractivity contribution < 1.29 is 9.53 Å². The number of hydrogen-bond donors (Lipinski definition) is 1. The van der Waals surface area contributed by atoms with Gasteiger partial charge in [-0.1, -0.05) is 34.8 Å². The number of nitrogens with zero attached hydrogens (tertiary/aromatic N) is 4. The molecule has 30 heavy (non-hydrogen) atoms. The summed E-state index contributed by atoms with van der Waals surface area (Å²) in [7, 11) is 0. The van der Waals surface area contributed by atoms with Gasteiger partial charge in [0.25, 0.3) is 5.91 Å². The highest BCUT2D eigenvalue weighted by Gasteiger charge is 2.25. The standard InChI is InChI=1S/C20H18Cl3N5O2/c1-12-18(20(29)26-27-6-8-30-9-7-27)25-19(15-4-2-13(21)10-16(15)23)28(12)17-5-3-14(22)11-24-17/h2-5,10-11H,6-9H2,1H3,(H,26,29). The number of amides is 1. The third-order valence-electron chi connectivity index (χ3n) is 4.71. The summed E-state index contributed by atoms with van der Waals surface area (Å²) < 4.78 is 7.10. The Kier molecular flexibility index (Phi) is 6.26. The van der Waals surface area contributed by atoms with E-state index in [1.165, 1.54) is 6.20 Å². The molecule has 1 fully saturated rings. The summed E-state index contributed by atoms with van der Waals surface area (Å²) in [5.41, 5.74) is 4.43. The molecule has 3 heterocycles. The van der Waals surface area contributed by atoms with Gasteiger partial charge in [0.1, 0.15) is 11.6 Å². The van der Waals surface area contributed by atoms with Gasteiger partial charge in [-0.3, -0.25) is 14.8 Å². The summed E-state index contributed by atoms with van der Waals surface area (Å²) in [4.78, 5) is 22.0. The van der Waals surface area contributed by atoms with Gasteiger partial charge in [0.05, 0.1) is 29.0 Å². The summed E-state index contributed by atoms with van der Waals surface area (Å²) in [5, 5.41) is 3.25. The molecule has 1 amide bonds. The highest BCUT2D eigenvalue weighted by atomic mass is 35.5. The zero-order chi connectivity index (χ0) is 21.3. The van der Waals surface area contributed by atoms with Crippen LogP contribution in [0.25, 0.3) is 17.2 Å². The summed E-state index contributed by atoms with van der Waals surface area (Å²) in [6.45, 7) is 4.16. The molecule has 1 aliphatic rings. The molecule has 1 aromatic carbocycles. The lowest BCUT2D eigenvalue weighted by molar-refractivity contribution is 0.0124. The molecule has 1 N–H and O–H groups in total. The topological polar surface area (TPSA) is 72.3 Å². The van der Waals surface area contributed by atoms with E-state index in [1.54, 1.807) is 34.9 Å². The molecule has 2 aromatic heterocycles. The predicted molar refractivity (Wildman–Crippen MR) is 116 cm³/mol. The molecule has 10 heteroatoms. The summed E-state index contributed by atoms with van der Waals surface area (Å²) >= 11 is 18.5. The van der Waals surface area contributed by atoms with Crippen LogP contribution < -0.4 is 5.43 Å². The number of pyridine rings is 1. The van der Waals surface area contributed by atoms with Crippen LogP contribution in [-0.4, -0.2) is 51.8 Å². The quantitative estimate of drug-likeness (QED) is 0.624. The maximum atomic E-state index is 13.0. The molecule has 0 aliphatic carbocycles. The number of nitrogens with one attached hydrogen (secondary N) is 1. The molecule has 0 spiro atoms. The van der Waals surface area contributed by atoms with Crippen LogP contribution in [0, 0.1) is 6.92 Å². The summed E-state index contributed by atoms with van der Waals surface area (Å²) in [5.74, 6) is 0.736. The Hall–Kier alpha value is -2.16. The molecular formula is C20H18Cl3N5O2. The largest absolute Gasteiger partial charge is 0.379 e. The first-order valence-corrected chi connectivity index (χ1v) is 10.4. The summed E-state index contributed by atoms with van der Waals surface area (Å²) in [6, 6.07) is 8.61. The van der Waals surface area contributed by atoms with Gasteiger partial charge in [0.15, 0.2) is 5.69 Å². The van der Waals surface area contributed by atoms with Crippen LogP contribution in [0.3, 0.4) is 0 Å². The third kappa shape index (κ3) is 4.31. The molecule has 0 saturated carbocycles. The molecule has 0 radical (unpaired) electrons. The Morgan fingerprint density at radius 1 is 1.10 bits per heavy atom. The van der Waals surface area contributed by atoms with Gasteiger partial charge < -0.3 is 4.74 Å². The monoisotopic (exact) mass is 465 g/mol. The van der Waals surface area contributed by atoms with E-state index in [1.807, 2.05) is 11.9 Å². The Labute approximate surface area is 188 Å². The minimum atomic E-state index is -0.312. The lowest BCUT2D eigenvalue weighted by atomic mass is 10.2. The van der Waals surface area contributed by atoms with Crippen molar-refractivity contribution in [1.29, 1.82) is 0 Å². The van der Waals surface area contributed by atoms with Gasteiger partial charge in [-0.25, -0.2) is 15.0 Å². The van der Waals surface area contributed by atoms with E-state index >= 15 is 0 Å². The Balaban J connectivity index is 1.80. The van der Waals surface area contributed by atoms with Gasteiger partial charge in [-0.15, -0.1) is 0 Å². The van der Waals surface area contributed by atoms with Gasteiger partial charge in [0.2, 0.25) is 0 Å². The first-order valence-electron chi connectivity index (χ1n) is 9.24. The number of rotatable bonds is 4. The molecule has 0 atom stereocenters. The number of carbonyl (C=O) groups excluding carboxylic acids is 1. The van der Waals surface area contributed by atoms with Crippen LogP contribution in [-0.2, 0) is 4.74 Å². The van der Waals surface area contributed by atoms with E-state index in [0.29, 0.717) is 64.3 Å². The van der Waals surface area contributed by atoms with E-state index in [2.05, 4.69) is 15.4 Å². The fourth-order valence-electron chi connectivity index (χ4n) is 3.22. The molecule has 1 aliphatic heterocycles. The number of hydrogen-bond acceptors (Lipinski definition) is 5. The van der Waals surface area contributed by atoms with Crippen LogP contribution in [0.5, 0.6) is 0 Å². The van der Waals surface area contributed by atoms with E-state index < -0.39 is 0 Å². The van der Waals surface area contributed by atoms with E-state index in [9.17, 15) is 4.79 Å². The van der Waals surface area contributed by atoms with E-state index in [-0.39, 0.29) is 11.6 Å². The van der Waals surface area contributed by atoms with Crippen LogP contribution in [0.1, 0.15) is 16.2 Å². The van der Waals surface area contributed by atoms with Crippen molar-refractivity contribution in [1.82, 2.24) is 25.0 Å². The smallest absolute Gasteiger partial charge is 0.286 e. The molecule has 4 rings (SSSR count). The molecule has 0 unspecified atom stereocenters. The van der Waals surface area contributed by atoms with Gasteiger partial charge in [-0.05, 0) is 37.3 Å². The van der Waals surface area contributed by atoms with Crippen molar-refractivity contribution in [2.24, 2.45) is 0 Å². The average molecular weight is 467 g/mol. The minimum absolute atomic E-state index is 0.277. The number of hydrazine groups is 1. The van der Waals surface area contributed by atoms with Gasteiger partial charge in [0, 0.05) is 29.9 Å². The number of aromatic nitrogens is 3. The Morgan fingerprint density at radius 2 is 1.83 bits per heavy atom. The first-order chi connectivity index (χ1) is 14.4. The van der Waals surface area contributed by atoms with Crippen molar-refractivity contribution in [3.05, 3.63) is 63.0 Å². The predicted octanol–water partition coefficient (Wildman–Crippen LogP) is 4.18. The SMILES string of the molecule is Cc1c(C(=O)NN2CCOCC2)nc(-c2ccc(Cl)cc2Cl)n1-c1ccc(Cl)cn1. The maximum Gasteiger partial charge on any atom is 0.286 e. The lowest BCUT2D eigenvalue weighted by Crippen LogP contribution is -2.48. The van der Waals surface area contributed by atoms with Crippen LogP contribution in [0.2, 0.25) is 15.1 Å². The van der Waals surface area contributed by atoms with Crippen molar-refractivity contribution in [2.45, 2.75) is 6.92 Å².